The van der Waals surface area contributed by atoms with Gasteiger partial charge in [0.15, 0.2) is 0 Å². The number of benzene rings is 2. The van der Waals surface area contributed by atoms with E-state index in [1.807, 2.05) is 24.3 Å². The molecule has 0 saturated carbocycles. The molecule has 4 rings (SSSR count). The zero-order chi connectivity index (χ0) is 23.0. The second-order valence-corrected chi connectivity index (χ2v) is 8.04. The number of non-ortho nitro benzene ring substituents is 1. The Hall–Kier alpha value is -4.08. The molecule has 164 valence electrons. The average molecular weight is 435 g/mol. The number of carbonyl (C=O) groups excluding carboxylic acids is 2. The summed E-state index contributed by atoms with van der Waals surface area (Å²) in [4.78, 5) is 41.4. The van der Waals surface area contributed by atoms with E-state index in [0.717, 1.165) is 10.5 Å². The molecule has 1 fully saturated rings. The van der Waals surface area contributed by atoms with Crippen LogP contribution in [0.4, 0.5) is 10.5 Å². The number of hydrogen-bond donors (Lipinski definition) is 1. The molecule has 1 N–H and O–H groups in total. The molecule has 1 unspecified atom stereocenters. The zero-order valence-electron chi connectivity index (χ0n) is 17.7. The third-order valence-corrected chi connectivity index (χ3v) is 5.51. The molecular formula is C22H21N5O5. The summed E-state index contributed by atoms with van der Waals surface area (Å²) in [5.74, 6) is 0.275. The Morgan fingerprint density at radius 2 is 1.91 bits per heavy atom. The first kappa shape index (κ1) is 21.2. The molecule has 1 saturated heterocycles. The van der Waals surface area contributed by atoms with Crippen molar-refractivity contribution in [2.75, 3.05) is 0 Å². The summed E-state index contributed by atoms with van der Waals surface area (Å²) < 4.78 is 5.26. The maximum Gasteiger partial charge on any atom is 0.325 e. The van der Waals surface area contributed by atoms with Crippen LogP contribution < -0.4 is 5.32 Å². The molecule has 2 heterocycles. The lowest BCUT2D eigenvalue weighted by atomic mass is 9.91. The molecule has 1 aliphatic rings. The van der Waals surface area contributed by atoms with Crippen LogP contribution in [0.1, 0.15) is 43.7 Å². The van der Waals surface area contributed by atoms with Crippen molar-refractivity contribution in [3.8, 4) is 11.4 Å². The number of nitrogens with zero attached hydrogens (tertiary/aromatic N) is 4. The van der Waals surface area contributed by atoms with Gasteiger partial charge in [0.05, 0.1) is 4.92 Å². The van der Waals surface area contributed by atoms with E-state index < -0.39 is 22.4 Å². The van der Waals surface area contributed by atoms with E-state index in [-0.39, 0.29) is 18.1 Å². The van der Waals surface area contributed by atoms with Gasteiger partial charge in [0.2, 0.25) is 11.7 Å². The van der Waals surface area contributed by atoms with Crippen molar-refractivity contribution in [3.05, 3.63) is 75.7 Å². The fourth-order valence-electron chi connectivity index (χ4n) is 3.56. The number of amides is 3. The van der Waals surface area contributed by atoms with E-state index in [1.54, 1.807) is 6.07 Å². The lowest BCUT2D eigenvalue weighted by molar-refractivity contribution is -0.385. The van der Waals surface area contributed by atoms with Crippen LogP contribution in [0.5, 0.6) is 0 Å². The smallest absolute Gasteiger partial charge is 0.325 e. The maximum atomic E-state index is 13.1. The monoisotopic (exact) mass is 435 g/mol. The largest absolute Gasteiger partial charge is 0.337 e. The van der Waals surface area contributed by atoms with Crippen LogP contribution in [0, 0.1) is 10.1 Å². The number of hydrogen-bond acceptors (Lipinski definition) is 7. The molecule has 3 amide bonds. The number of nitro groups is 1. The van der Waals surface area contributed by atoms with Gasteiger partial charge in [-0.25, -0.2) is 4.79 Å². The minimum Gasteiger partial charge on any atom is -0.337 e. The summed E-state index contributed by atoms with van der Waals surface area (Å²) in [7, 11) is 0. The van der Waals surface area contributed by atoms with Crippen molar-refractivity contribution in [1.29, 1.82) is 0 Å². The van der Waals surface area contributed by atoms with Crippen LogP contribution in [0.15, 0.2) is 53.1 Å². The van der Waals surface area contributed by atoms with Gasteiger partial charge in [-0.1, -0.05) is 55.4 Å². The van der Waals surface area contributed by atoms with Crippen molar-refractivity contribution >= 4 is 17.6 Å². The number of nitro benzene ring substituents is 1. The highest BCUT2D eigenvalue weighted by atomic mass is 16.6. The molecule has 0 radical (unpaired) electrons. The molecule has 3 aromatic rings. The van der Waals surface area contributed by atoms with Gasteiger partial charge in [-0.3, -0.25) is 19.8 Å². The first-order valence-electron chi connectivity index (χ1n) is 10.0. The average Bonchev–Trinajstić information content (AvgIpc) is 3.33. The molecule has 10 heteroatoms. The predicted octanol–water partition coefficient (Wildman–Crippen LogP) is 3.74. The first-order valence-corrected chi connectivity index (χ1v) is 10.0. The Labute approximate surface area is 183 Å². The van der Waals surface area contributed by atoms with Crippen molar-refractivity contribution in [1.82, 2.24) is 20.4 Å². The standard InChI is InChI=1S/C22H21N5O5/c1-13(2)14-7-9-15(10-8-14)19-23-18(32-25-19)12-26-20(28)22(3,24-21(26)29)16-5-4-6-17(11-16)27(30)31/h4-11,13H,12H2,1-3H3,(H,24,29). The molecular weight excluding hydrogens is 414 g/mol. The molecule has 1 atom stereocenters. The van der Waals surface area contributed by atoms with Gasteiger partial charge in [0.1, 0.15) is 12.1 Å². The Balaban J connectivity index is 1.54. The first-order chi connectivity index (χ1) is 15.2. The molecule has 10 nitrogen and oxygen atoms in total. The van der Waals surface area contributed by atoms with E-state index in [1.165, 1.54) is 30.7 Å². The summed E-state index contributed by atoms with van der Waals surface area (Å²) in [6.07, 6.45) is 0. The normalized spacial score (nSPS) is 18.3. The summed E-state index contributed by atoms with van der Waals surface area (Å²) in [5.41, 5.74) is 0.622. The second kappa shape index (κ2) is 7.88. The van der Waals surface area contributed by atoms with Gasteiger partial charge in [0.25, 0.3) is 11.6 Å². The Morgan fingerprint density at radius 3 is 2.56 bits per heavy atom. The maximum absolute atomic E-state index is 13.1. The summed E-state index contributed by atoms with van der Waals surface area (Å²) in [5, 5.41) is 17.7. The van der Waals surface area contributed by atoms with Crippen molar-refractivity contribution < 1.29 is 19.0 Å². The molecule has 2 aromatic carbocycles. The Kier molecular flexibility index (Phi) is 5.21. The SMILES string of the molecule is CC(C)c1ccc(-c2noc(CN3C(=O)NC(C)(c4cccc([N+](=O)[O-])c4)C3=O)n2)cc1. The van der Waals surface area contributed by atoms with E-state index in [9.17, 15) is 19.7 Å². The third kappa shape index (κ3) is 3.70. The number of imide groups is 1. The van der Waals surface area contributed by atoms with Crippen LogP contribution in [-0.4, -0.2) is 31.9 Å². The van der Waals surface area contributed by atoms with Crippen LogP contribution in [0.3, 0.4) is 0 Å². The molecule has 1 aliphatic heterocycles. The number of rotatable bonds is 6. The van der Waals surface area contributed by atoms with Crippen molar-refractivity contribution in [2.45, 2.75) is 38.8 Å². The lowest BCUT2D eigenvalue weighted by Crippen LogP contribution is -2.40. The highest BCUT2D eigenvalue weighted by Crippen LogP contribution is 2.31. The van der Waals surface area contributed by atoms with Crippen molar-refractivity contribution in [3.63, 3.8) is 0 Å². The molecule has 0 aliphatic carbocycles. The van der Waals surface area contributed by atoms with Gasteiger partial charge >= 0.3 is 6.03 Å². The van der Waals surface area contributed by atoms with E-state index in [2.05, 4.69) is 29.3 Å². The number of urea groups is 1. The molecule has 1 aromatic heterocycles. The Morgan fingerprint density at radius 1 is 1.19 bits per heavy atom. The topological polar surface area (TPSA) is 131 Å². The van der Waals surface area contributed by atoms with Crippen molar-refractivity contribution in [2.24, 2.45) is 0 Å². The van der Waals surface area contributed by atoms with Crippen LogP contribution in [0.25, 0.3) is 11.4 Å². The van der Waals surface area contributed by atoms with Gasteiger partial charge in [-0.15, -0.1) is 0 Å². The van der Waals surface area contributed by atoms with E-state index >= 15 is 0 Å². The quantitative estimate of drug-likeness (QED) is 0.354. The van der Waals surface area contributed by atoms with E-state index in [4.69, 9.17) is 4.52 Å². The Bertz CT molecular complexity index is 1200. The van der Waals surface area contributed by atoms with Crippen LogP contribution in [-0.2, 0) is 16.9 Å². The summed E-state index contributed by atoms with van der Waals surface area (Å²) in [6.45, 7) is 5.48. The number of carbonyl (C=O) groups is 2. The molecule has 0 bridgehead atoms. The minimum atomic E-state index is -1.45. The van der Waals surface area contributed by atoms with Gasteiger partial charge in [-0.2, -0.15) is 4.98 Å². The predicted molar refractivity (Wildman–Crippen MR) is 113 cm³/mol. The van der Waals surface area contributed by atoms with E-state index in [0.29, 0.717) is 17.3 Å². The fraction of sp³-hybridized carbons (Fsp3) is 0.273. The molecule has 0 spiro atoms. The highest BCUT2D eigenvalue weighted by Gasteiger charge is 2.49. The number of aromatic nitrogens is 2. The third-order valence-electron chi connectivity index (χ3n) is 5.51. The van der Waals surface area contributed by atoms with Gasteiger partial charge in [-0.05, 0) is 24.0 Å². The van der Waals surface area contributed by atoms with Crippen LogP contribution in [0.2, 0.25) is 0 Å². The summed E-state index contributed by atoms with van der Waals surface area (Å²) in [6, 6.07) is 12.7. The minimum absolute atomic E-state index is 0.0970. The lowest BCUT2D eigenvalue weighted by Gasteiger charge is -2.21. The molecule has 32 heavy (non-hydrogen) atoms. The second-order valence-electron chi connectivity index (χ2n) is 8.04. The summed E-state index contributed by atoms with van der Waals surface area (Å²) >= 11 is 0. The zero-order valence-corrected chi connectivity index (χ0v) is 17.7. The van der Waals surface area contributed by atoms with Crippen LogP contribution >= 0.6 is 0 Å². The highest BCUT2D eigenvalue weighted by molar-refractivity contribution is 6.07. The number of nitrogens with one attached hydrogen (secondary N) is 1. The fourth-order valence-corrected chi connectivity index (χ4v) is 3.56. The van der Waals surface area contributed by atoms with Gasteiger partial charge < -0.3 is 9.84 Å². The van der Waals surface area contributed by atoms with Gasteiger partial charge in [0, 0.05) is 17.7 Å².